The van der Waals surface area contributed by atoms with Gasteiger partial charge in [0.25, 0.3) is 11.8 Å². The molecule has 3 aromatic rings. The van der Waals surface area contributed by atoms with Crippen LogP contribution in [0.3, 0.4) is 0 Å². The Bertz CT molecular complexity index is 1280. The molecule has 0 N–H and O–H groups in total. The molecule has 0 radical (unpaired) electrons. The van der Waals surface area contributed by atoms with Gasteiger partial charge in [-0.2, -0.15) is 0 Å². The normalized spacial score (nSPS) is 20.1. The molecule has 0 saturated carbocycles. The van der Waals surface area contributed by atoms with E-state index in [4.69, 9.17) is 4.42 Å². The summed E-state index contributed by atoms with van der Waals surface area (Å²) in [4.78, 5) is 43.3. The molecule has 2 amide bonds. The first-order chi connectivity index (χ1) is 13.9. The molecule has 29 heavy (non-hydrogen) atoms. The molecule has 0 bridgehead atoms. The third-order valence-corrected chi connectivity index (χ3v) is 5.78. The molecular formula is C22H17FN2O4. The molecule has 6 nitrogen and oxygen atoms in total. The van der Waals surface area contributed by atoms with Crippen molar-refractivity contribution in [3.8, 4) is 0 Å². The van der Waals surface area contributed by atoms with Gasteiger partial charge < -0.3 is 14.2 Å². The lowest BCUT2D eigenvalue weighted by atomic mass is 9.84. The van der Waals surface area contributed by atoms with Crippen molar-refractivity contribution in [3.05, 3.63) is 75.4 Å². The van der Waals surface area contributed by atoms with Crippen LogP contribution in [0.2, 0.25) is 0 Å². The lowest BCUT2D eigenvalue weighted by molar-refractivity contribution is -0.125. The first-order valence-electron chi connectivity index (χ1n) is 9.39. The van der Waals surface area contributed by atoms with Crippen molar-refractivity contribution in [1.29, 1.82) is 0 Å². The average Bonchev–Trinajstić information content (AvgIpc) is 3.09. The fourth-order valence-electron chi connectivity index (χ4n) is 4.59. The van der Waals surface area contributed by atoms with Crippen LogP contribution in [-0.2, 0) is 10.3 Å². The largest absolute Gasteiger partial charge is 0.450 e. The minimum atomic E-state index is -1.60. The zero-order valence-electron chi connectivity index (χ0n) is 15.9. The van der Waals surface area contributed by atoms with Crippen molar-refractivity contribution in [2.75, 3.05) is 18.5 Å². The molecule has 7 heteroatoms. The zero-order chi connectivity index (χ0) is 20.5. The van der Waals surface area contributed by atoms with Gasteiger partial charge in [0, 0.05) is 24.8 Å². The van der Waals surface area contributed by atoms with E-state index in [0.29, 0.717) is 17.7 Å². The van der Waals surface area contributed by atoms with Gasteiger partial charge in [0.1, 0.15) is 11.4 Å². The molecule has 5 rings (SSSR count). The van der Waals surface area contributed by atoms with E-state index in [9.17, 15) is 18.8 Å². The average molecular weight is 392 g/mol. The Morgan fingerprint density at radius 1 is 1.10 bits per heavy atom. The summed E-state index contributed by atoms with van der Waals surface area (Å²) in [6, 6.07) is 10.7. The quantitative estimate of drug-likeness (QED) is 0.672. The minimum absolute atomic E-state index is 0.00843. The SMILES string of the molecule is CCCN1C(=O)c2oc3ccc(F)cc3c(=O)c2C12C(=O)N(C)c1ccccc12. The number of likely N-dealkylation sites (N-methyl/N-ethyl adjacent to an activating group) is 1. The highest BCUT2D eigenvalue weighted by Crippen LogP contribution is 2.52. The Hall–Kier alpha value is -3.48. The van der Waals surface area contributed by atoms with Crippen LogP contribution in [0.5, 0.6) is 0 Å². The van der Waals surface area contributed by atoms with Gasteiger partial charge in [0.05, 0.1) is 10.9 Å². The molecule has 0 aliphatic carbocycles. The zero-order valence-corrected chi connectivity index (χ0v) is 15.9. The molecule has 146 valence electrons. The summed E-state index contributed by atoms with van der Waals surface area (Å²) in [6.45, 7) is 2.15. The highest BCUT2D eigenvalue weighted by Gasteiger charge is 2.64. The van der Waals surface area contributed by atoms with Crippen LogP contribution < -0.4 is 10.3 Å². The summed E-state index contributed by atoms with van der Waals surface area (Å²) < 4.78 is 19.6. The molecule has 2 aliphatic rings. The fraction of sp³-hybridized carbons (Fsp3) is 0.227. The van der Waals surface area contributed by atoms with Gasteiger partial charge in [-0.3, -0.25) is 14.4 Å². The molecule has 1 aromatic heterocycles. The molecular weight excluding hydrogens is 375 g/mol. The number of hydrogen-bond acceptors (Lipinski definition) is 4. The van der Waals surface area contributed by atoms with Crippen molar-refractivity contribution < 1.29 is 18.4 Å². The number of halogens is 1. The van der Waals surface area contributed by atoms with E-state index in [-0.39, 0.29) is 28.8 Å². The predicted octanol–water partition coefficient (Wildman–Crippen LogP) is 3.02. The number of nitrogens with zero attached hydrogens (tertiary/aromatic N) is 2. The molecule has 2 aliphatic heterocycles. The molecule has 1 unspecified atom stereocenters. The van der Waals surface area contributed by atoms with Crippen molar-refractivity contribution >= 4 is 28.5 Å². The first-order valence-corrected chi connectivity index (χ1v) is 9.39. The number of benzene rings is 2. The maximum absolute atomic E-state index is 13.9. The van der Waals surface area contributed by atoms with E-state index in [0.717, 1.165) is 6.07 Å². The van der Waals surface area contributed by atoms with Gasteiger partial charge >= 0.3 is 0 Å². The Morgan fingerprint density at radius 2 is 1.86 bits per heavy atom. The summed E-state index contributed by atoms with van der Waals surface area (Å²) >= 11 is 0. The number of para-hydroxylation sites is 1. The monoisotopic (exact) mass is 392 g/mol. The van der Waals surface area contributed by atoms with Gasteiger partial charge in [-0.1, -0.05) is 25.1 Å². The van der Waals surface area contributed by atoms with Crippen LogP contribution in [0, 0.1) is 5.82 Å². The van der Waals surface area contributed by atoms with Gasteiger partial charge in [-0.05, 0) is 30.7 Å². The number of carbonyl (C=O) groups is 2. The highest BCUT2D eigenvalue weighted by molar-refractivity contribution is 6.16. The molecule has 0 saturated heterocycles. The van der Waals surface area contributed by atoms with Gasteiger partial charge in [0.2, 0.25) is 5.76 Å². The molecule has 0 fully saturated rings. The number of rotatable bonds is 2. The summed E-state index contributed by atoms with van der Waals surface area (Å²) in [6.07, 6.45) is 0.586. The van der Waals surface area contributed by atoms with E-state index in [1.54, 1.807) is 31.3 Å². The van der Waals surface area contributed by atoms with Gasteiger partial charge in [0.15, 0.2) is 11.0 Å². The number of anilines is 1. The summed E-state index contributed by atoms with van der Waals surface area (Å²) in [5, 5.41) is 0.00843. The fourth-order valence-corrected chi connectivity index (χ4v) is 4.59. The van der Waals surface area contributed by atoms with Crippen LogP contribution in [-0.4, -0.2) is 30.3 Å². The summed E-state index contributed by atoms with van der Waals surface area (Å²) in [5.74, 6) is -1.66. The van der Waals surface area contributed by atoms with Crippen LogP contribution in [0.25, 0.3) is 11.0 Å². The van der Waals surface area contributed by atoms with E-state index < -0.39 is 28.6 Å². The first kappa shape index (κ1) is 17.6. The maximum Gasteiger partial charge on any atom is 0.291 e. The van der Waals surface area contributed by atoms with Gasteiger partial charge in [-0.15, -0.1) is 0 Å². The maximum atomic E-state index is 13.9. The lowest BCUT2D eigenvalue weighted by Gasteiger charge is -2.33. The standard InChI is InChI=1S/C22H17FN2O4/c1-3-10-25-20(27)19-17(18(26)13-11-12(23)8-9-16(13)29-19)22(25)14-6-4-5-7-15(14)24(2)21(22)28/h4-9,11H,3,10H2,1-2H3. The topological polar surface area (TPSA) is 70.8 Å². The second-order valence-corrected chi connectivity index (χ2v) is 7.32. The van der Waals surface area contributed by atoms with E-state index in [1.807, 2.05) is 6.92 Å². The Labute approximate surface area is 165 Å². The van der Waals surface area contributed by atoms with Crippen molar-refractivity contribution in [2.24, 2.45) is 0 Å². The van der Waals surface area contributed by atoms with E-state index in [1.165, 1.54) is 21.9 Å². The number of hydrogen-bond donors (Lipinski definition) is 0. The summed E-state index contributed by atoms with van der Waals surface area (Å²) in [5.41, 5.74) is -0.908. The second kappa shape index (κ2) is 5.76. The van der Waals surface area contributed by atoms with E-state index in [2.05, 4.69) is 0 Å². The second-order valence-electron chi connectivity index (χ2n) is 7.32. The summed E-state index contributed by atoms with van der Waals surface area (Å²) in [7, 11) is 1.62. The molecule has 1 atom stereocenters. The third kappa shape index (κ3) is 1.97. The highest BCUT2D eigenvalue weighted by atomic mass is 19.1. The minimum Gasteiger partial charge on any atom is -0.450 e. The van der Waals surface area contributed by atoms with Crippen LogP contribution in [0.4, 0.5) is 10.1 Å². The number of fused-ring (bicyclic) bond motifs is 5. The van der Waals surface area contributed by atoms with Crippen LogP contribution >= 0.6 is 0 Å². The van der Waals surface area contributed by atoms with Gasteiger partial charge in [-0.25, -0.2) is 4.39 Å². The number of amides is 2. The Morgan fingerprint density at radius 3 is 2.62 bits per heavy atom. The van der Waals surface area contributed by atoms with Crippen LogP contribution in [0.1, 0.15) is 35.0 Å². The van der Waals surface area contributed by atoms with Crippen LogP contribution in [0.15, 0.2) is 51.7 Å². The molecule has 1 spiro atoms. The predicted molar refractivity (Wildman–Crippen MR) is 104 cm³/mol. The lowest BCUT2D eigenvalue weighted by Crippen LogP contribution is -2.53. The Balaban J connectivity index is 1.96. The Kier molecular flexibility index (Phi) is 3.50. The molecule has 2 aromatic carbocycles. The van der Waals surface area contributed by atoms with Crippen molar-refractivity contribution in [1.82, 2.24) is 4.90 Å². The van der Waals surface area contributed by atoms with Crippen molar-refractivity contribution in [3.63, 3.8) is 0 Å². The molecule has 3 heterocycles. The van der Waals surface area contributed by atoms with E-state index >= 15 is 0 Å². The smallest absolute Gasteiger partial charge is 0.291 e. The van der Waals surface area contributed by atoms with Crippen molar-refractivity contribution in [2.45, 2.75) is 18.9 Å². The third-order valence-electron chi connectivity index (χ3n) is 5.78. The number of carbonyl (C=O) groups excluding carboxylic acids is 2.